The van der Waals surface area contributed by atoms with Gasteiger partial charge < -0.3 is 5.11 Å². The van der Waals surface area contributed by atoms with E-state index in [1.807, 2.05) is 25.1 Å². The Labute approximate surface area is 136 Å². The molecule has 0 aliphatic rings. The minimum absolute atomic E-state index is 0.0158. The first-order valence-electron chi connectivity index (χ1n) is 6.58. The summed E-state index contributed by atoms with van der Waals surface area (Å²) >= 11 is 1.25. The van der Waals surface area contributed by atoms with E-state index < -0.39 is 16.0 Å². The number of rotatable bonds is 4. The second-order valence-electron chi connectivity index (χ2n) is 4.93. The number of nitrogens with zero attached hydrogens (tertiary/aromatic N) is 1. The molecule has 0 radical (unpaired) electrons. The Hall–Kier alpha value is -2.45. The standard InChI is InChI=1S/C15H12N2O4S2/c1-9-2-7-12-13(8-9)22-15(16-12)17-23(20,21)11-5-3-10(4-6-11)14(18)19/h2-8H,1H3,(H,16,17)(H,18,19). The van der Waals surface area contributed by atoms with Crippen LogP contribution in [0.5, 0.6) is 0 Å². The number of aryl methyl sites for hydroxylation is 1. The number of carboxylic acids is 1. The number of fused-ring (bicyclic) bond motifs is 1. The van der Waals surface area contributed by atoms with Crippen molar-refractivity contribution < 1.29 is 18.3 Å². The zero-order chi connectivity index (χ0) is 16.6. The van der Waals surface area contributed by atoms with E-state index in [1.165, 1.54) is 35.6 Å². The van der Waals surface area contributed by atoms with Gasteiger partial charge in [-0.15, -0.1) is 0 Å². The Morgan fingerprint density at radius 2 is 1.87 bits per heavy atom. The zero-order valence-corrected chi connectivity index (χ0v) is 13.6. The molecule has 0 amide bonds. The third-order valence-corrected chi connectivity index (χ3v) is 5.59. The van der Waals surface area contributed by atoms with E-state index in [1.54, 1.807) is 0 Å². The summed E-state index contributed by atoms with van der Waals surface area (Å²) in [5.41, 5.74) is 1.82. The van der Waals surface area contributed by atoms with Crippen molar-refractivity contribution in [3.8, 4) is 0 Å². The van der Waals surface area contributed by atoms with Crippen LogP contribution < -0.4 is 4.72 Å². The van der Waals surface area contributed by atoms with Crippen LogP contribution in [-0.4, -0.2) is 24.5 Å². The summed E-state index contributed by atoms with van der Waals surface area (Å²) in [5, 5.41) is 9.11. The summed E-state index contributed by atoms with van der Waals surface area (Å²) < 4.78 is 28.0. The maximum absolute atomic E-state index is 12.3. The molecule has 23 heavy (non-hydrogen) atoms. The predicted octanol–water partition coefficient (Wildman–Crippen LogP) is 3.10. The van der Waals surface area contributed by atoms with Crippen molar-refractivity contribution >= 4 is 42.7 Å². The van der Waals surface area contributed by atoms with Crippen molar-refractivity contribution in [2.45, 2.75) is 11.8 Å². The maximum atomic E-state index is 12.3. The lowest BCUT2D eigenvalue weighted by Crippen LogP contribution is -2.13. The van der Waals surface area contributed by atoms with Crippen LogP contribution in [0.1, 0.15) is 15.9 Å². The van der Waals surface area contributed by atoms with Crippen LogP contribution in [0, 0.1) is 6.92 Å². The molecule has 3 aromatic rings. The molecule has 2 N–H and O–H groups in total. The maximum Gasteiger partial charge on any atom is 0.335 e. The van der Waals surface area contributed by atoms with Gasteiger partial charge in [-0.3, -0.25) is 4.72 Å². The fourth-order valence-electron chi connectivity index (χ4n) is 2.03. The predicted molar refractivity (Wildman–Crippen MR) is 88.6 cm³/mol. The molecule has 2 aromatic carbocycles. The Balaban J connectivity index is 1.91. The average molecular weight is 348 g/mol. The molecule has 0 aliphatic carbocycles. The first kappa shape index (κ1) is 15.4. The number of hydrogen-bond donors (Lipinski definition) is 2. The number of anilines is 1. The summed E-state index contributed by atoms with van der Waals surface area (Å²) in [6, 6.07) is 10.7. The Morgan fingerprint density at radius 1 is 1.17 bits per heavy atom. The molecular formula is C15H12N2O4S2. The second kappa shape index (κ2) is 5.64. The summed E-state index contributed by atoms with van der Waals surface area (Å²) in [6.07, 6.45) is 0. The average Bonchev–Trinajstić information content (AvgIpc) is 2.87. The molecule has 0 bridgehead atoms. The number of aromatic carboxylic acids is 1. The molecule has 0 aliphatic heterocycles. The monoisotopic (exact) mass is 348 g/mol. The van der Waals surface area contributed by atoms with Gasteiger partial charge in [-0.1, -0.05) is 17.4 Å². The van der Waals surface area contributed by atoms with Crippen molar-refractivity contribution in [3.05, 3.63) is 53.6 Å². The van der Waals surface area contributed by atoms with Crippen molar-refractivity contribution in [1.82, 2.24) is 4.98 Å². The third-order valence-electron chi connectivity index (χ3n) is 3.18. The van der Waals surface area contributed by atoms with Crippen LogP contribution in [0.4, 0.5) is 5.13 Å². The summed E-state index contributed by atoms with van der Waals surface area (Å²) in [7, 11) is -3.81. The summed E-state index contributed by atoms with van der Waals surface area (Å²) in [5.74, 6) is -1.11. The highest BCUT2D eigenvalue weighted by atomic mass is 32.2. The quantitative estimate of drug-likeness (QED) is 0.755. The highest BCUT2D eigenvalue weighted by Crippen LogP contribution is 2.28. The number of nitrogens with one attached hydrogen (secondary N) is 1. The number of sulfonamides is 1. The first-order valence-corrected chi connectivity index (χ1v) is 8.88. The molecule has 0 unspecified atom stereocenters. The van der Waals surface area contributed by atoms with Crippen LogP contribution in [0.15, 0.2) is 47.4 Å². The highest BCUT2D eigenvalue weighted by molar-refractivity contribution is 7.93. The topological polar surface area (TPSA) is 96.4 Å². The number of thiazole rings is 1. The summed E-state index contributed by atoms with van der Waals surface area (Å²) in [4.78, 5) is 15.0. The van der Waals surface area contributed by atoms with Crippen LogP contribution in [-0.2, 0) is 10.0 Å². The smallest absolute Gasteiger partial charge is 0.335 e. The zero-order valence-electron chi connectivity index (χ0n) is 12.0. The highest BCUT2D eigenvalue weighted by Gasteiger charge is 2.17. The molecular weight excluding hydrogens is 336 g/mol. The summed E-state index contributed by atoms with van der Waals surface area (Å²) in [6.45, 7) is 1.95. The van der Waals surface area contributed by atoms with Gasteiger partial charge in [-0.05, 0) is 48.9 Å². The molecule has 0 saturated heterocycles. The van der Waals surface area contributed by atoms with E-state index in [4.69, 9.17) is 5.11 Å². The molecule has 0 spiro atoms. The Bertz CT molecular complexity index is 992. The van der Waals surface area contributed by atoms with Gasteiger partial charge in [0.05, 0.1) is 20.7 Å². The van der Waals surface area contributed by atoms with E-state index in [9.17, 15) is 13.2 Å². The van der Waals surface area contributed by atoms with Crippen molar-refractivity contribution in [2.24, 2.45) is 0 Å². The van der Waals surface area contributed by atoms with Gasteiger partial charge >= 0.3 is 5.97 Å². The first-order chi connectivity index (χ1) is 10.8. The van der Waals surface area contributed by atoms with Gasteiger partial charge in [-0.2, -0.15) is 0 Å². The number of aromatic nitrogens is 1. The van der Waals surface area contributed by atoms with Gasteiger partial charge in [0, 0.05) is 0 Å². The van der Waals surface area contributed by atoms with Gasteiger partial charge in [0.15, 0.2) is 5.13 Å². The number of carboxylic acid groups (broad SMARTS) is 1. The van der Waals surface area contributed by atoms with Gasteiger partial charge in [-0.25, -0.2) is 18.2 Å². The van der Waals surface area contributed by atoms with Gasteiger partial charge in [0.2, 0.25) is 0 Å². The Kier molecular flexibility index (Phi) is 3.78. The van der Waals surface area contributed by atoms with E-state index in [-0.39, 0.29) is 15.6 Å². The minimum atomic E-state index is -3.81. The molecule has 0 atom stereocenters. The lowest BCUT2D eigenvalue weighted by atomic mass is 10.2. The van der Waals surface area contributed by atoms with Crippen LogP contribution in [0.2, 0.25) is 0 Å². The molecule has 0 fully saturated rings. The van der Waals surface area contributed by atoms with Gasteiger partial charge in [0.25, 0.3) is 10.0 Å². The normalized spacial score (nSPS) is 11.5. The van der Waals surface area contributed by atoms with E-state index in [0.29, 0.717) is 0 Å². The lowest BCUT2D eigenvalue weighted by Gasteiger charge is -2.05. The number of carbonyl (C=O) groups is 1. The molecule has 8 heteroatoms. The van der Waals surface area contributed by atoms with E-state index in [0.717, 1.165) is 15.8 Å². The largest absolute Gasteiger partial charge is 0.478 e. The molecule has 0 saturated carbocycles. The van der Waals surface area contributed by atoms with Crippen molar-refractivity contribution in [3.63, 3.8) is 0 Å². The molecule has 1 heterocycles. The molecule has 118 valence electrons. The van der Waals surface area contributed by atoms with E-state index in [2.05, 4.69) is 9.71 Å². The van der Waals surface area contributed by atoms with Crippen LogP contribution in [0.3, 0.4) is 0 Å². The van der Waals surface area contributed by atoms with Crippen molar-refractivity contribution in [2.75, 3.05) is 4.72 Å². The molecule has 6 nitrogen and oxygen atoms in total. The van der Waals surface area contributed by atoms with E-state index >= 15 is 0 Å². The number of benzene rings is 2. The fourth-order valence-corrected chi connectivity index (χ4v) is 4.22. The van der Waals surface area contributed by atoms with Crippen LogP contribution >= 0.6 is 11.3 Å². The Morgan fingerprint density at radius 3 is 2.52 bits per heavy atom. The van der Waals surface area contributed by atoms with Crippen LogP contribution in [0.25, 0.3) is 10.2 Å². The second-order valence-corrected chi connectivity index (χ2v) is 7.64. The third kappa shape index (κ3) is 3.17. The fraction of sp³-hybridized carbons (Fsp3) is 0.0667. The SMILES string of the molecule is Cc1ccc2nc(NS(=O)(=O)c3ccc(C(=O)O)cc3)sc2c1. The van der Waals surface area contributed by atoms with Crippen molar-refractivity contribution in [1.29, 1.82) is 0 Å². The number of hydrogen-bond acceptors (Lipinski definition) is 5. The van der Waals surface area contributed by atoms with Gasteiger partial charge in [0.1, 0.15) is 0 Å². The molecule has 3 rings (SSSR count). The molecule has 1 aromatic heterocycles. The lowest BCUT2D eigenvalue weighted by molar-refractivity contribution is 0.0696. The minimum Gasteiger partial charge on any atom is -0.478 e.